The molecule has 0 bridgehead atoms. The lowest BCUT2D eigenvalue weighted by Gasteiger charge is -2.09. The van der Waals surface area contributed by atoms with Gasteiger partial charge in [-0.05, 0) is 49.3 Å². The Bertz CT molecular complexity index is 642. The van der Waals surface area contributed by atoms with Crippen molar-refractivity contribution >= 4 is 48.0 Å². The molecule has 0 aliphatic heterocycles. The number of halogens is 4. The van der Waals surface area contributed by atoms with Crippen LogP contribution >= 0.6 is 48.0 Å². The third-order valence-corrected chi connectivity index (χ3v) is 4.24. The lowest BCUT2D eigenvalue weighted by Crippen LogP contribution is -2.23. The van der Waals surface area contributed by atoms with Gasteiger partial charge in [0, 0.05) is 28.7 Å². The molecular weight excluding hydrogens is 430 g/mol. The molecule has 0 spiro atoms. The molecule has 0 aliphatic rings. The van der Waals surface area contributed by atoms with Gasteiger partial charge in [-0.3, -0.25) is 0 Å². The normalized spacial score (nSPS) is 10.0. The van der Waals surface area contributed by atoms with Crippen molar-refractivity contribution in [3.8, 4) is 5.75 Å². The van der Waals surface area contributed by atoms with Crippen LogP contribution in [0.2, 0.25) is 10.0 Å². The second kappa shape index (κ2) is 15.2. The quantitative estimate of drug-likeness (QED) is 0.437. The Kier molecular flexibility index (Phi) is 14.8. The van der Waals surface area contributed by atoms with Crippen molar-refractivity contribution in [3.63, 3.8) is 0 Å². The Labute approximate surface area is 183 Å². The van der Waals surface area contributed by atoms with Crippen molar-refractivity contribution in [1.29, 1.82) is 0 Å². The number of nitrogens with one attached hydrogen (secondary N) is 2. The van der Waals surface area contributed by atoms with Gasteiger partial charge >= 0.3 is 0 Å². The maximum absolute atomic E-state index is 8.67. The first-order valence-corrected chi connectivity index (χ1v) is 9.12. The van der Waals surface area contributed by atoms with Crippen LogP contribution in [-0.4, -0.2) is 31.3 Å². The minimum absolute atomic E-state index is 0. The van der Waals surface area contributed by atoms with Crippen LogP contribution < -0.4 is 15.4 Å². The first kappa shape index (κ1) is 26.3. The first-order chi connectivity index (χ1) is 12.2. The van der Waals surface area contributed by atoms with Crippen LogP contribution in [0.1, 0.15) is 17.5 Å². The molecule has 2 aromatic rings. The molecule has 2 aromatic carbocycles. The molecular formula is C19H26Cl4N2O2. The molecule has 8 heteroatoms. The van der Waals surface area contributed by atoms with Gasteiger partial charge in [-0.15, -0.1) is 24.8 Å². The van der Waals surface area contributed by atoms with Crippen LogP contribution in [-0.2, 0) is 13.2 Å². The highest BCUT2D eigenvalue weighted by Crippen LogP contribution is 2.22. The Hall–Kier alpha value is -0.720. The van der Waals surface area contributed by atoms with E-state index in [1.54, 1.807) is 12.1 Å². The smallest absolute Gasteiger partial charge is 0.119 e. The molecule has 27 heavy (non-hydrogen) atoms. The summed E-state index contributed by atoms with van der Waals surface area (Å²) in [5, 5.41) is 16.4. The molecule has 0 fully saturated rings. The first-order valence-electron chi connectivity index (χ1n) is 8.37. The number of aliphatic hydroxyl groups is 1. The number of hydrogen-bond acceptors (Lipinski definition) is 4. The van der Waals surface area contributed by atoms with Gasteiger partial charge in [0.15, 0.2) is 0 Å². The van der Waals surface area contributed by atoms with Gasteiger partial charge in [-0.1, -0.05) is 41.4 Å². The highest BCUT2D eigenvalue weighted by Gasteiger charge is 2.03. The van der Waals surface area contributed by atoms with E-state index in [1.807, 2.05) is 18.2 Å². The van der Waals surface area contributed by atoms with Crippen molar-refractivity contribution < 1.29 is 9.84 Å². The van der Waals surface area contributed by atoms with E-state index in [-0.39, 0.29) is 31.4 Å². The van der Waals surface area contributed by atoms with Gasteiger partial charge in [-0.2, -0.15) is 0 Å². The third kappa shape index (κ3) is 10.4. The van der Waals surface area contributed by atoms with E-state index in [4.69, 9.17) is 33.0 Å². The van der Waals surface area contributed by atoms with Gasteiger partial charge < -0.3 is 20.5 Å². The molecule has 0 saturated heterocycles. The van der Waals surface area contributed by atoms with Crippen LogP contribution in [0.15, 0.2) is 42.5 Å². The highest BCUT2D eigenvalue weighted by atomic mass is 35.5. The Morgan fingerprint density at radius 1 is 0.889 bits per heavy atom. The summed E-state index contributed by atoms with van der Waals surface area (Å²) >= 11 is 12.0. The average Bonchev–Trinajstić information content (AvgIpc) is 2.61. The van der Waals surface area contributed by atoms with Gasteiger partial charge in [-0.25, -0.2) is 0 Å². The van der Waals surface area contributed by atoms with E-state index < -0.39 is 0 Å². The fourth-order valence-corrected chi connectivity index (χ4v) is 2.74. The topological polar surface area (TPSA) is 53.5 Å². The van der Waals surface area contributed by atoms with E-state index in [1.165, 1.54) is 5.56 Å². The maximum atomic E-state index is 8.67. The maximum Gasteiger partial charge on any atom is 0.119 e. The zero-order valence-corrected chi connectivity index (χ0v) is 18.1. The van der Waals surface area contributed by atoms with Gasteiger partial charge in [0.25, 0.3) is 0 Å². The van der Waals surface area contributed by atoms with Gasteiger partial charge in [0.05, 0.1) is 6.61 Å². The molecule has 0 heterocycles. The van der Waals surface area contributed by atoms with Crippen molar-refractivity contribution in [2.75, 3.05) is 26.2 Å². The molecule has 0 saturated carbocycles. The van der Waals surface area contributed by atoms with E-state index in [0.717, 1.165) is 37.4 Å². The average molecular weight is 456 g/mol. The number of benzene rings is 2. The van der Waals surface area contributed by atoms with Gasteiger partial charge in [0.2, 0.25) is 0 Å². The van der Waals surface area contributed by atoms with Crippen molar-refractivity contribution in [2.24, 2.45) is 0 Å². The third-order valence-electron chi connectivity index (χ3n) is 3.66. The second-order valence-corrected chi connectivity index (χ2v) is 6.52. The van der Waals surface area contributed by atoms with Crippen molar-refractivity contribution in [2.45, 2.75) is 19.6 Å². The summed E-state index contributed by atoms with van der Waals surface area (Å²) in [5.74, 6) is 0.808. The summed E-state index contributed by atoms with van der Waals surface area (Å²) in [6.07, 6.45) is 1.03. The monoisotopic (exact) mass is 454 g/mol. The fraction of sp³-hybridized carbons (Fsp3) is 0.368. The summed E-state index contributed by atoms with van der Waals surface area (Å²) in [4.78, 5) is 0. The Morgan fingerprint density at radius 3 is 2.26 bits per heavy atom. The summed E-state index contributed by atoms with van der Waals surface area (Å²) in [7, 11) is 0. The minimum atomic E-state index is 0. The van der Waals surface area contributed by atoms with Crippen LogP contribution in [0, 0.1) is 0 Å². The fourth-order valence-electron chi connectivity index (χ4n) is 2.28. The lowest BCUT2D eigenvalue weighted by molar-refractivity contribution is 0.292. The highest BCUT2D eigenvalue weighted by molar-refractivity contribution is 6.35. The van der Waals surface area contributed by atoms with Crippen molar-refractivity contribution in [1.82, 2.24) is 10.6 Å². The molecule has 2 rings (SSSR count). The summed E-state index contributed by atoms with van der Waals surface area (Å²) in [5.41, 5.74) is 2.12. The zero-order valence-electron chi connectivity index (χ0n) is 14.9. The zero-order chi connectivity index (χ0) is 17.9. The summed E-state index contributed by atoms with van der Waals surface area (Å²) in [6.45, 7) is 3.92. The summed E-state index contributed by atoms with van der Waals surface area (Å²) in [6, 6.07) is 13.4. The predicted molar refractivity (Wildman–Crippen MR) is 118 cm³/mol. The summed E-state index contributed by atoms with van der Waals surface area (Å²) < 4.78 is 5.77. The predicted octanol–water partition coefficient (Wildman–Crippen LogP) is 4.48. The number of aliphatic hydroxyl groups excluding tert-OH is 1. The van der Waals surface area contributed by atoms with E-state index in [9.17, 15) is 0 Å². The molecule has 0 unspecified atom stereocenters. The molecule has 0 aliphatic carbocycles. The van der Waals surface area contributed by atoms with Crippen LogP contribution in [0.3, 0.4) is 0 Å². The molecule has 4 nitrogen and oxygen atoms in total. The Balaban J connectivity index is 0.00000338. The standard InChI is InChI=1S/C19H24Cl2N2O2.2ClH/c20-17-5-4-16(19(21)12-17)14-25-18-6-2-15(3-7-18)13-23-9-1-8-22-10-11-24;;/h2-7,12,22-24H,1,8-11,13-14H2;2*1H. The molecule has 152 valence electrons. The number of hydrogen-bond donors (Lipinski definition) is 3. The van der Waals surface area contributed by atoms with Crippen LogP contribution in [0.25, 0.3) is 0 Å². The lowest BCUT2D eigenvalue weighted by atomic mass is 10.2. The Morgan fingerprint density at radius 2 is 1.59 bits per heavy atom. The van der Waals surface area contributed by atoms with E-state index in [0.29, 0.717) is 23.2 Å². The largest absolute Gasteiger partial charge is 0.489 e. The molecule has 0 amide bonds. The number of rotatable bonds is 11. The van der Waals surface area contributed by atoms with Gasteiger partial charge in [0.1, 0.15) is 12.4 Å². The van der Waals surface area contributed by atoms with Crippen LogP contribution in [0.4, 0.5) is 0 Å². The van der Waals surface area contributed by atoms with E-state index in [2.05, 4.69) is 22.8 Å². The molecule has 3 N–H and O–H groups in total. The minimum Gasteiger partial charge on any atom is -0.489 e. The molecule has 0 atom stereocenters. The number of ether oxygens (including phenoxy) is 1. The second-order valence-electron chi connectivity index (χ2n) is 5.67. The SMILES string of the molecule is Cl.Cl.OCCNCCCNCc1ccc(OCc2ccc(Cl)cc2Cl)cc1. The molecule has 0 aromatic heterocycles. The molecule has 0 radical (unpaired) electrons. The van der Waals surface area contributed by atoms with Crippen LogP contribution in [0.5, 0.6) is 5.75 Å². The van der Waals surface area contributed by atoms with Crippen molar-refractivity contribution in [3.05, 3.63) is 63.6 Å². The van der Waals surface area contributed by atoms with E-state index >= 15 is 0 Å².